The molecule has 0 aromatic heterocycles. The van der Waals surface area contributed by atoms with E-state index in [2.05, 4.69) is 6.92 Å². The number of carbonyl (C=O) groups is 1. The Bertz CT molecular complexity index is 497. The van der Waals surface area contributed by atoms with Gasteiger partial charge in [-0.15, -0.1) is 0 Å². The summed E-state index contributed by atoms with van der Waals surface area (Å²) in [4.78, 5) is 12.0. The highest BCUT2D eigenvalue weighted by Crippen LogP contribution is 2.62. The number of amides is 1. The predicted octanol–water partition coefficient (Wildman–Crippen LogP) is 4.76. The number of nitrogens with two attached hydrogens (primary N) is 2. The predicted molar refractivity (Wildman–Crippen MR) is 97.1 cm³/mol. The number of primary amides is 1. The van der Waals surface area contributed by atoms with Gasteiger partial charge in [0.15, 0.2) is 0 Å². The number of unbranched alkanes of at least 4 members (excludes halogenated alkanes) is 7. The van der Waals surface area contributed by atoms with Crippen LogP contribution < -0.4 is 11.5 Å². The standard InChI is InChI=1S/C20H32N2O/c1-2-3-4-5-6-7-8-9-14-20(19(22)23)15-18(20)16-10-12-17(21)13-11-16/h10-13,18H,2-9,14-15,21H2,1H3,(H2,22,23). The zero-order valence-corrected chi connectivity index (χ0v) is 14.5. The van der Waals surface area contributed by atoms with Gasteiger partial charge in [-0.1, -0.05) is 70.4 Å². The van der Waals surface area contributed by atoms with Gasteiger partial charge in [-0.3, -0.25) is 4.79 Å². The van der Waals surface area contributed by atoms with Gasteiger partial charge in [0, 0.05) is 5.69 Å². The van der Waals surface area contributed by atoms with Crippen LogP contribution in [0, 0.1) is 5.41 Å². The van der Waals surface area contributed by atoms with Crippen LogP contribution in [-0.4, -0.2) is 5.91 Å². The zero-order valence-electron chi connectivity index (χ0n) is 14.5. The Balaban J connectivity index is 1.73. The molecule has 1 fully saturated rings. The summed E-state index contributed by atoms with van der Waals surface area (Å²) in [6.45, 7) is 2.25. The van der Waals surface area contributed by atoms with Gasteiger partial charge in [-0.2, -0.15) is 0 Å². The molecular formula is C20H32N2O. The first kappa shape index (κ1) is 17.8. The number of carbonyl (C=O) groups excluding carboxylic acids is 1. The minimum Gasteiger partial charge on any atom is -0.399 e. The molecule has 1 aromatic rings. The molecule has 128 valence electrons. The lowest BCUT2D eigenvalue weighted by molar-refractivity contribution is -0.123. The Morgan fingerprint density at radius 1 is 1.04 bits per heavy atom. The van der Waals surface area contributed by atoms with Gasteiger partial charge >= 0.3 is 0 Å². The molecule has 0 heterocycles. The molecule has 0 aliphatic heterocycles. The topological polar surface area (TPSA) is 69.1 Å². The van der Waals surface area contributed by atoms with Crippen molar-refractivity contribution in [3.05, 3.63) is 29.8 Å². The maximum atomic E-state index is 12.0. The molecule has 1 aromatic carbocycles. The summed E-state index contributed by atoms with van der Waals surface area (Å²) in [5.41, 5.74) is 13.1. The maximum Gasteiger partial charge on any atom is 0.224 e. The fourth-order valence-electron chi connectivity index (χ4n) is 3.72. The lowest BCUT2D eigenvalue weighted by Crippen LogP contribution is -2.26. The highest BCUT2D eigenvalue weighted by molar-refractivity contribution is 5.85. The van der Waals surface area contributed by atoms with E-state index >= 15 is 0 Å². The van der Waals surface area contributed by atoms with Crippen LogP contribution in [-0.2, 0) is 4.79 Å². The van der Waals surface area contributed by atoms with Crippen LogP contribution >= 0.6 is 0 Å². The maximum absolute atomic E-state index is 12.0. The SMILES string of the molecule is CCCCCCCCCCC1(C(N)=O)CC1c1ccc(N)cc1. The van der Waals surface area contributed by atoms with Crippen molar-refractivity contribution in [3.8, 4) is 0 Å². The third-order valence-corrected chi connectivity index (χ3v) is 5.38. The molecule has 3 nitrogen and oxygen atoms in total. The van der Waals surface area contributed by atoms with E-state index in [1.54, 1.807) is 0 Å². The number of nitrogen functional groups attached to an aromatic ring is 1. The summed E-state index contributed by atoms with van der Waals surface area (Å²) < 4.78 is 0. The molecule has 1 aliphatic rings. The van der Waals surface area contributed by atoms with Crippen molar-refractivity contribution >= 4 is 11.6 Å². The van der Waals surface area contributed by atoms with Crippen LogP contribution in [0.15, 0.2) is 24.3 Å². The Hall–Kier alpha value is -1.51. The van der Waals surface area contributed by atoms with Crippen LogP contribution in [0.1, 0.15) is 82.6 Å². The highest BCUT2D eigenvalue weighted by Gasteiger charge is 2.58. The molecule has 2 unspecified atom stereocenters. The van der Waals surface area contributed by atoms with Gasteiger partial charge in [0.25, 0.3) is 0 Å². The van der Waals surface area contributed by atoms with Crippen molar-refractivity contribution < 1.29 is 4.79 Å². The first-order valence-corrected chi connectivity index (χ1v) is 9.25. The van der Waals surface area contributed by atoms with Crippen molar-refractivity contribution in [1.82, 2.24) is 0 Å². The number of hydrogen-bond acceptors (Lipinski definition) is 2. The van der Waals surface area contributed by atoms with E-state index in [4.69, 9.17) is 11.5 Å². The van der Waals surface area contributed by atoms with Gasteiger partial charge in [0.1, 0.15) is 0 Å². The summed E-state index contributed by atoms with van der Waals surface area (Å²) >= 11 is 0. The van der Waals surface area contributed by atoms with Crippen LogP contribution in [0.2, 0.25) is 0 Å². The van der Waals surface area contributed by atoms with E-state index in [-0.39, 0.29) is 11.3 Å². The van der Waals surface area contributed by atoms with E-state index in [0.29, 0.717) is 5.92 Å². The second-order valence-corrected chi connectivity index (χ2v) is 7.17. The molecule has 1 aliphatic carbocycles. The van der Waals surface area contributed by atoms with Crippen LogP contribution in [0.5, 0.6) is 0 Å². The molecule has 1 amide bonds. The Kier molecular flexibility index (Phi) is 6.49. The summed E-state index contributed by atoms with van der Waals surface area (Å²) in [6, 6.07) is 7.91. The van der Waals surface area contributed by atoms with Crippen molar-refractivity contribution in [1.29, 1.82) is 0 Å². The first-order chi connectivity index (χ1) is 11.1. The highest BCUT2D eigenvalue weighted by atomic mass is 16.1. The molecular weight excluding hydrogens is 284 g/mol. The van der Waals surface area contributed by atoms with Crippen molar-refractivity contribution in [3.63, 3.8) is 0 Å². The number of rotatable bonds is 11. The fourth-order valence-corrected chi connectivity index (χ4v) is 3.72. The molecule has 1 saturated carbocycles. The summed E-state index contributed by atoms with van der Waals surface area (Å²) in [6.07, 6.45) is 12.1. The summed E-state index contributed by atoms with van der Waals surface area (Å²) in [5.74, 6) is 0.174. The zero-order chi connectivity index (χ0) is 16.7. The third-order valence-electron chi connectivity index (χ3n) is 5.38. The van der Waals surface area contributed by atoms with Gasteiger partial charge in [0.2, 0.25) is 5.91 Å². The van der Waals surface area contributed by atoms with Crippen LogP contribution in [0.25, 0.3) is 0 Å². The van der Waals surface area contributed by atoms with E-state index in [0.717, 1.165) is 24.9 Å². The molecule has 23 heavy (non-hydrogen) atoms. The molecule has 4 N–H and O–H groups in total. The Morgan fingerprint density at radius 3 is 2.17 bits per heavy atom. The lowest BCUT2D eigenvalue weighted by atomic mass is 9.91. The second kappa shape index (κ2) is 8.37. The molecule has 2 atom stereocenters. The molecule has 0 radical (unpaired) electrons. The van der Waals surface area contributed by atoms with E-state index in [9.17, 15) is 4.79 Å². The molecule has 2 rings (SSSR count). The van der Waals surface area contributed by atoms with Crippen LogP contribution in [0.4, 0.5) is 5.69 Å². The number of benzene rings is 1. The van der Waals surface area contributed by atoms with E-state index in [1.165, 1.54) is 50.5 Å². The molecule has 0 saturated heterocycles. The van der Waals surface area contributed by atoms with Gasteiger partial charge in [-0.05, 0) is 36.5 Å². The number of hydrogen-bond donors (Lipinski definition) is 2. The van der Waals surface area contributed by atoms with Crippen molar-refractivity contribution in [2.24, 2.45) is 11.1 Å². The largest absolute Gasteiger partial charge is 0.399 e. The third kappa shape index (κ3) is 4.73. The van der Waals surface area contributed by atoms with Gasteiger partial charge in [-0.25, -0.2) is 0 Å². The second-order valence-electron chi connectivity index (χ2n) is 7.17. The fraction of sp³-hybridized carbons (Fsp3) is 0.650. The van der Waals surface area contributed by atoms with E-state index < -0.39 is 0 Å². The number of anilines is 1. The minimum absolute atomic E-state index is 0.123. The normalized spacial score (nSPS) is 22.9. The quantitative estimate of drug-likeness (QED) is 0.456. The van der Waals surface area contributed by atoms with Gasteiger partial charge < -0.3 is 11.5 Å². The average Bonchev–Trinajstić information content (AvgIpc) is 3.27. The monoisotopic (exact) mass is 316 g/mol. The van der Waals surface area contributed by atoms with Crippen molar-refractivity contribution in [2.75, 3.05) is 5.73 Å². The summed E-state index contributed by atoms with van der Waals surface area (Å²) in [5, 5.41) is 0. The first-order valence-electron chi connectivity index (χ1n) is 9.25. The minimum atomic E-state index is -0.293. The van der Waals surface area contributed by atoms with E-state index in [1.807, 2.05) is 24.3 Å². The van der Waals surface area contributed by atoms with Gasteiger partial charge in [0.05, 0.1) is 5.41 Å². The van der Waals surface area contributed by atoms with Crippen molar-refractivity contribution in [2.45, 2.75) is 77.0 Å². The Morgan fingerprint density at radius 2 is 1.61 bits per heavy atom. The molecule has 0 spiro atoms. The lowest BCUT2D eigenvalue weighted by Gasteiger charge is -2.14. The van der Waals surface area contributed by atoms with Crippen LogP contribution in [0.3, 0.4) is 0 Å². The Labute approximate surface area is 140 Å². The summed E-state index contributed by atoms with van der Waals surface area (Å²) in [7, 11) is 0. The average molecular weight is 316 g/mol. The molecule has 0 bridgehead atoms. The molecule has 3 heteroatoms. The smallest absolute Gasteiger partial charge is 0.224 e.